The maximum absolute atomic E-state index is 12.1. The fourth-order valence-electron chi connectivity index (χ4n) is 2.65. The molecular weight excluding hydrogens is 246 g/mol. The third-order valence-electron chi connectivity index (χ3n) is 3.72. The molecule has 1 aromatic heterocycles. The topological polar surface area (TPSA) is 79.5 Å². The Labute approximate surface area is 112 Å². The van der Waals surface area contributed by atoms with Crippen molar-refractivity contribution in [3.8, 4) is 0 Å². The number of furan rings is 1. The van der Waals surface area contributed by atoms with E-state index < -0.39 is 17.8 Å². The molecule has 0 aliphatic heterocycles. The lowest BCUT2D eigenvalue weighted by Crippen LogP contribution is -2.36. The minimum atomic E-state index is -0.876. The van der Waals surface area contributed by atoms with Crippen LogP contribution in [0.5, 0.6) is 0 Å². The van der Waals surface area contributed by atoms with Crippen molar-refractivity contribution in [2.45, 2.75) is 39.2 Å². The van der Waals surface area contributed by atoms with Gasteiger partial charge in [-0.3, -0.25) is 9.59 Å². The summed E-state index contributed by atoms with van der Waals surface area (Å²) in [5.41, 5.74) is 0. The molecule has 0 spiro atoms. The second-order valence-corrected chi connectivity index (χ2v) is 5.16. The van der Waals surface area contributed by atoms with Gasteiger partial charge < -0.3 is 14.8 Å². The van der Waals surface area contributed by atoms with Crippen molar-refractivity contribution in [3.63, 3.8) is 0 Å². The van der Waals surface area contributed by atoms with Crippen LogP contribution in [0.2, 0.25) is 0 Å². The number of amides is 1. The number of nitrogens with one attached hydrogen (secondary N) is 1. The molecule has 0 radical (unpaired) electrons. The van der Waals surface area contributed by atoms with Gasteiger partial charge in [0.1, 0.15) is 11.5 Å². The summed E-state index contributed by atoms with van der Waals surface area (Å²) in [6.45, 7) is 3.68. The smallest absolute Gasteiger partial charge is 0.307 e. The first kappa shape index (κ1) is 13.6. The molecule has 2 N–H and O–H groups in total. The molecular formula is C14H19NO4. The summed E-state index contributed by atoms with van der Waals surface area (Å²) in [5.74, 6) is -0.553. The fourth-order valence-corrected chi connectivity index (χ4v) is 2.65. The molecule has 5 nitrogen and oxygen atoms in total. The van der Waals surface area contributed by atoms with Crippen LogP contribution in [0.4, 0.5) is 0 Å². The van der Waals surface area contributed by atoms with Crippen molar-refractivity contribution in [2.24, 2.45) is 11.8 Å². The molecule has 1 fully saturated rings. The van der Waals surface area contributed by atoms with Crippen molar-refractivity contribution >= 4 is 11.9 Å². The lowest BCUT2D eigenvalue weighted by atomic mass is 9.95. The van der Waals surface area contributed by atoms with Crippen molar-refractivity contribution < 1.29 is 19.1 Å². The van der Waals surface area contributed by atoms with Gasteiger partial charge in [-0.1, -0.05) is 6.42 Å². The summed E-state index contributed by atoms with van der Waals surface area (Å²) in [5, 5.41) is 11.9. The van der Waals surface area contributed by atoms with E-state index >= 15 is 0 Å². The van der Waals surface area contributed by atoms with Gasteiger partial charge in [-0.25, -0.2) is 0 Å². The third kappa shape index (κ3) is 2.97. The molecule has 1 saturated carbocycles. The van der Waals surface area contributed by atoms with Crippen LogP contribution in [0.15, 0.2) is 16.5 Å². The Balaban J connectivity index is 1.99. The summed E-state index contributed by atoms with van der Waals surface area (Å²) in [6.07, 6.45) is 2.03. The zero-order valence-electron chi connectivity index (χ0n) is 11.2. The number of carbonyl (C=O) groups excluding carboxylic acids is 1. The summed E-state index contributed by atoms with van der Waals surface area (Å²) >= 11 is 0. The monoisotopic (exact) mass is 265 g/mol. The van der Waals surface area contributed by atoms with Crippen molar-refractivity contribution in [1.82, 2.24) is 5.32 Å². The zero-order chi connectivity index (χ0) is 14.0. The van der Waals surface area contributed by atoms with Crippen LogP contribution in [-0.2, 0) is 9.59 Å². The van der Waals surface area contributed by atoms with E-state index in [0.29, 0.717) is 18.6 Å². The summed E-state index contributed by atoms with van der Waals surface area (Å²) in [4.78, 5) is 23.2. The van der Waals surface area contributed by atoms with E-state index in [1.807, 2.05) is 26.0 Å². The quantitative estimate of drug-likeness (QED) is 0.875. The van der Waals surface area contributed by atoms with Crippen LogP contribution < -0.4 is 5.32 Å². The number of carboxylic acids is 1. The van der Waals surface area contributed by atoms with Gasteiger partial charge in [0.25, 0.3) is 0 Å². The Morgan fingerprint density at radius 3 is 2.63 bits per heavy atom. The van der Waals surface area contributed by atoms with Gasteiger partial charge in [0.15, 0.2) is 0 Å². The molecule has 5 heteroatoms. The normalized spacial score (nSPS) is 24.1. The highest BCUT2D eigenvalue weighted by molar-refractivity contribution is 5.85. The zero-order valence-corrected chi connectivity index (χ0v) is 11.2. The number of carboxylic acid groups (broad SMARTS) is 1. The van der Waals surface area contributed by atoms with Gasteiger partial charge in [-0.15, -0.1) is 0 Å². The van der Waals surface area contributed by atoms with Gasteiger partial charge in [0, 0.05) is 0 Å². The van der Waals surface area contributed by atoms with Crippen molar-refractivity contribution in [1.29, 1.82) is 0 Å². The first-order chi connectivity index (χ1) is 8.99. The molecule has 1 aliphatic carbocycles. The summed E-state index contributed by atoms with van der Waals surface area (Å²) in [7, 11) is 0. The first-order valence-electron chi connectivity index (χ1n) is 6.58. The number of aryl methyl sites for hydroxylation is 1. The molecule has 1 unspecified atom stereocenters. The number of hydrogen-bond donors (Lipinski definition) is 2. The summed E-state index contributed by atoms with van der Waals surface area (Å²) < 4.78 is 5.45. The SMILES string of the molecule is Cc1ccc(C(C)NC(=O)[C@@H]2CCC[C@@H]2C(=O)O)o1. The van der Waals surface area contributed by atoms with Crippen LogP contribution in [0.25, 0.3) is 0 Å². The Morgan fingerprint density at radius 1 is 1.37 bits per heavy atom. The van der Waals surface area contributed by atoms with Crippen LogP contribution in [0.3, 0.4) is 0 Å². The molecule has 1 aromatic rings. The van der Waals surface area contributed by atoms with E-state index in [2.05, 4.69) is 5.32 Å². The van der Waals surface area contributed by atoms with E-state index in [4.69, 9.17) is 9.52 Å². The van der Waals surface area contributed by atoms with Crippen LogP contribution in [0.1, 0.15) is 43.7 Å². The van der Waals surface area contributed by atoms with Crippen LogP contribution >= 0.6 is 0 Å². The minimum absolute atomic E-state index is 0.188. The molecule has 3 atom stereocenters. The maximum Gasteiger partial charge on any atom is 0.307 e. The predicted octanol–water partition coefficient (Wildman–Crippen LogP) is 2.27. The van der Waals surface area contributed by atoms with E-state index in [0.717, 1.165) is 12.2 Å². The third-order valence-corrected chi connectivity index (χ3v) is 3.72. The van der Waals surface area contributed by atoms with Gasteiger partial charge >= 0.3 is 5.97 Å². The minimum Gasteiger partial charge on any atom is -0.481 e. The largest absolute Gasteiger partial charge is 0.481 e. The molecule has 1 aliphatic rings. The molecule has 1 amide bonds. The van der Waals surface area contributed by atoms with Gasteiger partial charge in [-0.05, 0) is 38.8 Å². The first-order valence-corrected chi connectivity index (χ1v) is 6.58. The van der Waals surface area contributed by atoms with E-state index in [-0.39, 0.29) is 11.9 Å². The van der Waals surface area contributed by atoms with Gasteiger partial charge in [-0.2, -0.15) is 0 Å². The van der Waals surface area contributed by atoms with Gasteiger partial charge in [0.05, 0.1) is 17.9 Å². The highest BCUT2D eigenvalue weighted by Gasteiger charge is 2.38. The summed E-state index contributed by atoms with van der Waals surface area (Å²) in [6, 6.07) is 3.42. The molecule has 0 bridgehead atoms. The molecule has 1 heterocycles. The average molecular weight is 265 g/mol. The Bertz CT molecular complexity index is 480. The number of aliphatic carboxylic acids is 1. The lowest BCUT2D eigenvalue weighted by molar-refractivity contribution is -0.146. The van der Waals surface area contributed by atoms with Crippen molar-refractivity contribution in [2.75, 3.05) is 0 Å². The molecule has 19 heavy (non-hydrogen) atoms. The number of hydrogen-bond acceptors (Lipinski definition) is 3. The Morgan fingerprint density at radius 2 is 2.05 bits per heavy atom. The number of rotatable bonds is 4. The highest BCUT2D eigenvalue weighted by atomic mass is 16.4. The van der Waals surface area contributed by atoms with E-state index in [9.17, 15) is 9.59 Å². The Kier molecular flexibility index (Phi) is 3.93. The predicted molar refractivity (Wildman–Crippen MR) is 68.5 cm³/mol. The van der Waals surface area contributed by atoms with Crippen molar-refractivity contribution in [3.05, 3.63) is 23.7 Å². The van der Waals surface area contributed by atoms with Gasteiger partial charge in [0.2, 0.25) is 5.91 Å². The molecule has 2 rings (SSSR count). The standard InChI is InChI=1S/C14H19NO4/c1-8-6-7-12(19-8)9(2)15-13(16)10-4-3-5-11(10)14(17)18/h6-7,9-11H,3-5H2,1-2H3,(H,15,16)(H,17,18)/t9?,10-,11+/m1/s1. The maximum atomic E-state index is 12.1. The second-order valence-electron chi connectivity index (χ2n) is 5.16. The Hall–Kier alpha value is -1.78. The molecule has 0 aromatic carbocycles. The fraction of sp³-hybridized carbons (Fsp3) is 0.571. The molecule has 0 saturated heterocycles. The van der Waals surface area contributed by atoms with E-state index in [1.165, 1.54) is 0 Å². The molecule has 104 valence electrons. The van der Waals surface area contributed by atoms with E-state index in [1.54, 1.807) is 0 Å². The average Bonchev–Trinajstić information content (AvgIpc) is 2.96. The number of carbonyl (C=O) groups is 2. The highest BCUT2D eigenvalue weighted by Crippen LogP contribution is 2.32. The van der Waals surface area contributed by atoms with Crippen LogP contribution in [-0.4, -0.2) is 17.0 Å². The second kappa shape index (κ2) is 5.47. The lowest BCUT2D eigenvalue weighted by Gasteiger charge is -2.18. The van der Waals surface area contributed by atoms with Crippen LogP contribution in [0, 0.1) is 18.8 Å².